The van der Waals surface area contributed by atoms with E-state index in [1.165, 1.54) is 6.20 Å². The second-order valence-corrected chi connectivity index (χ2v) is 15.0. The number of rotatable bonds is 7. The van der Waals surface area contributed by atoms with Crippen LogP contribution < -0.4 is 0 Å². The predicted molar refractivity (Wildman–Crippen MR) is 101 cm³/mol. The van der Waals surface area contributed by atoms with E-state index in [1.54, 1.807) is 27.7 Å². The molecule has 0 aliphatic rings. The zero-order chi connectivity index (χ0) is 18.9. The molecule has 10 heteroatoms. The van der Waals surface area contributed by atoms with Crippen molar-refractivity contribution in [2.45, 2.75) is 37.4 Å². The molecule has 0 aliphatic carbocycles. The van der Waals surface area contributed by atoms with Crippen molar-refractivity contribution in [3.63, 3.8) is 0 Å². The summed E-state index contributed by atoms with van der Waals surface area (Å²) in [6, 6.07) is 1.11. The van der Waals surface area contributed by atoms with Crippen LogP contribution in [0.1, 0.15) is 0 Å². The molecule has 0 aliphatic heterocycles. The standard InChI is InChI=1S/C16H23N5O3SSi/c1-25(22,23)16-15-18-10-14(21(15)6-5-17-16)13-9-19-20(11-13)12-24-7-8-26(2,3)4/h5-6,9-11H,7-8,12H2,1-4H3. The molecule has 3 rings (SSSR count). The van der Waals surface area contributed by atoms with Gasteiger partial charge in [-0.3, -0.25) is 4.40 Å². The van der Waals surface area contributed by atoms with E-state index in [1.807, 2.05) is 6.20 Å². The summed E-state index contributed by atoms with van der Waals surface area (Å²) in [7, 11) is -4.56. The highest BCUT2D eigenvalue weighted by atomic mass is 32.2. The van der Waals surface area contributed by atoms with Crippen LogP contribution in [0.15, 0.2) is 36.0 Å². The normalized spacial score (nSPS) is 12.8. The Morgan fingerprint density at radius 2 is 1.96 bits per heavy atom. The van der Waals surface area contributed by atoms with E-state index in [-0.39, 0.29) is 5.03 Å². The lowest BCUT2D eigenvalue weighted by atomic mass is 10.3. The quantitative estimate of drug-likeness (QED) is 0.452. The highest BCUT2D eigenvalue weighted by Gasteiger charge is 2.18. The van der Waals surface area contributed by atoms with E-state index >= 15 is 0 Å². The first-order valence-corrected chi connectivity index (χ1v) is 13.9. The molecule has 0 bridgehead atoms. The highest BCUT2D eigenvalue weighted by Crippen LogP contribution is 2.22. The summed E-state index contributed by atoms with van der Waals surface area (Å²) in [5, 5.41) is 4.28. The maximum Gasteiger partial charge on any atom is 0.198 e. The number of hydrogen-bond donors (Lipinski definition) is 0. The molecule has 0 saturated carbocycles. The van der Waals surface area contributed by atoms with E-state index in [9.17, 15) is 8.42 Å². The molecule has 0 aromatic carbocycles. The first-order chi connectivity index (χ1) is 12.1. The molecular formula is C16H23N5O3SSi. The minimum atomic E-state index is -3.45. The Hall–Kier alpha value is -2.04. The van der Waals surface area contributed by atoms with Crippen LogP contribution in [0.25, 0.3) is 16.9 Å². The second kappa shape index (κ2) is 6.93. The van der Waals surface area contributed by atoms with Gasteiger partial charge in [0.1, 0.15) is 6.73 Å². The fourth-order valence-corrected chi connectivity index (χ4v) is 3.97. The average molecular weight is 394 g/mol. The maximum atomic E-state index is 11.9. The second-order valence-electron chi connectivity index (χ2n) is 7.46. The Kier molecular flexibility index (Phi) is 5.00. The molecule has 8 nitrogen and oxygen atoms in total. The fraction of sp³-hybridized carbons (Fsp3) is 0.438. The molecule has 3 aromatic heterocycles. The number of aromatic nitrogens is 5. The van der Waals surface area contributed by atoms with Crippen molar-refractivity contribution in [3.05, 3.63) is 31.0 Å². The smallest absolute Gasteiger partial charge is 0.198 e. The average Bonchev–Trinajstić information content (AvgIpc) is 3.15. The maximum absolute atomic E-state index is 11.9. The van der Waals surface area contributed by atoms with Gasteiger partial charge in [-0.2, -0.15) is 5.10 Å². The number of hydrogen-bond acceptors (Lipinski definition) is 6. The zero-order valence-corrected chi connectivity index (χ0v) is 17.2. The summed E-state index contributed by atoms with van der Waals surface area (Å²) in [6.45, 7) is 8.05. The van der Waals surface area contributed by atoms with Crippen molar-refractivity contribution in [2.24, 2.45) is 0 Å². The molecule has 0 atom stereocenters. The lowest BCUT2D eigenvalue weighted by Crippen LogP contribution is -2.22. The molecule has 0 amide bonds. The van der Waals surface area contributed by atoms with Gasteiger partial charge in [-0.15, -0.1) is 0 Å². The molecule has 0 N–H and O–H groups in total. The van der Waals surface area contributed by atoms with Crippen LogP contribution >= 0.6 is 0 Å². The number of fused-ring (bicyclic) bond motifs is 1. The summed E-state index contributed by atoms with van der Waals surface area (Å²) < 4.78 is 32.9. The molecular weight excluding hydrogens is 370 g/mol. The topological polar surface area (TPSA) is 91.4 Å². The van der Waals surface area contributed by atoms with E-state index < -0.39 is 17.9 Å². The number of imidazole rings is 1. The molecule has 0 radical (unpaired) electrons. The van der Waals surface area contributed by atoms with E-state index in [2.05, 4.69) is 34.7 Å². The molecule has 0 fully saturated rings. The third-order valence-corrected chi connectivity index (χ3v) is 6.59. The third kappa shape index (κ3) is 4.19. The van der Waals surface area contributed by atoms with Crippen LogP contribution in [-0.4, -0.2) is 53.5 Å². The van der Waals surface area contributed by atoms with Crippen molar-refractivity contribution < 1.29 is 13.2 Å². The van der Waals surface area contributed by atoms with Crippen LogP contribution in [0.2, 0.25) is 25.7 Å². The Bertz CT molecular complexity index is 1020. The number of ether oxygens (including phenoxy) is 1. The minimum absolute atomic E-state index is 0.0340. The molecule has 26 heavy (non-hydrogen) atoms. The highest BCUT2D eigenvalue weighted by molar-refractivity contribution is 7.90. The Morgan fingerprint density at radius 3 is 2.65 bits per heavy atom. The Balaban J connectivity index is 1.80. The lowest BCUT2D eigenvalue weighted by molar-refractivity contribution is 0.0786. The summed E-state index contributed by atoms with van der Waals surface area (Å²) in [5.41, 5.74) is 1.89. The molecule has 0 spiro atoms. The molecule has 140 valence electrons. The summed E-state index contributed by atoms with van der Waals surface area (Å²) in [5.74, 6) is 0. The fourth-order valence-electron chi connectivity index (χ4n) is 2.47. The van der Waals surface area contributed by atoms with Crippen molar-refractivity contribution in [1.82, 2.24) is 24.1 Å². The first kappa shape index (κ1) is 18.7. The SMILES string of the molecule is C[Si](C)(C)CCOCn1cc(-c2cnc3c(S(C)(=O)=O)nccn23)cn1. The van der Waals surface area contributed by atoms with Gasteiger partial charge in [-0.1, -0.05) is 19.6 Å². The van der Waals surface area contributed by atoms with Crippen LogP contribution in [0.5, 0.6) is 0 Å². The van der Waals surface area contributed by atoms with Crippen molar-refractivity contribution in [2.75, 3.05) is 12.9 Å². The van der Waals surface area contributed by atoms with Crippen molar-refractivity contribution in [1.29, 1.82) is 0 Å². The minimum Gasteiger partial charge on any atom is -0.360 e. The van der Waals surface area contributed by atoms with Gasteiger partial charge >= 0.3 is 0 Å². The largest absolute Gasteiger partial charge is 0.360 e. The molecule has 0 saturated heterocycles. The predicted octanol–water partition coefficient (Wildman–Crippen LogP) is 2.31. The summed E-state index contributed by atoms with van der Waals surface area (Å²) in [4.78, 5) is 8.18. The van der Waals surface area contributed by atoms with Gasteiger partial charge in [-0.25, -0.2) is 23.1 Å². The summed E-state index contributed by atoms with van der Waals surface area (Å²) >= 11 is 0. The van der Waals surface area contributed by atoms with E-state index in [0.717, 1.165) is 30.2 Å². The van der Waals surface area contributed by atoms with Gasteiger partial charge in [0, 0.05) is 45.1 Å². The van der Waals surface area contributed by atoms with E-state index in [4.69, 9.17) is 4.74 Å². The Morgan fingerprint density at radius 1 is 1.19 bits per heavy atom. The van der Waals surface area contributed by atoms with Gasteiger partial charge in [0.05, 0.1) is 18.1 Å². The van der Waals surface area contributed by atoms with Crippen LogP contribution in [-0.2, 0) is 21.3 Å². The third-order valence-electron chi connectivity index (χ3n) is 3.90. The van der Waals surface area contributed by atoms with E-state index in [0.29, 0.717) is 12.4 Å². The lowest BCUT2D eigenvalue weighted by Gasteiger charge is -2.15. The first-order valence-electron chi connectivity index (χ1n) is 8.28. The van der Waals surface area contributed by atoms with Gasteiger partial charge in [0.2, 0.25) is 0 Å². The molecule has 3 aromatic rings. The van der Waals surface area contributed by atoms with Crippen molar-refractivity contribution in [3.8, 4) is 11.3 Å². The van der Waals surface area contributed by atoms with Gasteiger partial charge < -0.3 is 4.74 Å². The van der Waals surface area contributed by atoms with Crippen LogP contribution in [0.4, 0.5) is 0 Å². The number of sulfone groups is 1. The van der Waals surface area contributed by atoms with Gasteiger partial charge in [0.15, 0.2) is 20.5 Å². The van der Waals surface area contributed by atoms with Crippen LogP contribution in [0, 0.1) is 0 Å². The van der Waals surface area contributed by atoms with Crippen molar-refractivity contribution >= 4 is 23.6 Å². The number of nitrogens with zero attached hydrogens (tertiary/aromatic N) is 5. The Labute approximate surface area is 153 Å². The van der Waals surface area contributed by atoms with Crippen LogP contribution in [0.3, 0.4) is 0 Å². The zero-order valence-electron chi connectivity index (χ0n) is 15.4. The summed E-state index contributed by atoms with van der Waals surface area (Å²) in [6.07, 6.45) is 9.47. The van der Waals surface area contributed by atoms with Gasteiger partial charge in [-0.05, 0) is 6.04 Å². The monoisotopic (exact) mass is 393 g/mol. The van der Waals surface area contributed by atoms with Gasteiger partial charge in [0.25, 0.3) is 0 Å². The molecule has 3 heterocycles. The molecule has 0 unspecified atom stereocenters.